The van der Waals surface area contributed by atoms with E-state index in [0.29, 0.717) is 49.9 Å². The number of aliphatic carboxylic acids is 1. The Labute approximate surface area is 221 Å². The van der Waals surface area contributed by atoms with Gasteiger partial charge in [-0.05, 0) is 58.8 Å². The molecule has 0 saturated heterocycles. The SMILES string of the molecule is O=C(O)/C(=C\c1nc(-c2cc(Cl)ccc2Cl)c(-c2ccc3c(c2)OCO3)[nH]1)c1cccc2ccccc12. The number of rotatable bonds is 5. The van der Waals surface area contributed by atoms with Crippen LogP contribution in [0.3, 0.4) is 0 Å². The molecule has 37 heavy (non-hydrogen) atoms. The van der Waals surface area contributed by atoms with Crippen molar-refractivity contribution >= 4 is 51.6 Å². The van der Waals surface area contributed by atoms with Crippen molar-refractivity contribution in [2.45, 2.75) is 0 Å². The van der Waals surface area contributed by atoms with Crippen LogP contribution < -0.4 is 9.47 Å². The lowest BCUT2D eigenvalue weighted by Gasteiger charge is -2.07. The molecule has 5 aromatic rings. The lowest BCUT2D eigenvalue weighted by molar-refractivity contribution is -0.130. The van der Waals surface area contributed by atoms with Crippen LogP contribution in [-0.2, 0) is 4.79 Å². The Morgan fingerprint density at radius 3 is 2.62 bits per heavy atom. The molecule has 0 aliphatic carbocycles. The maximum Gasteiger partial charge on any atom is 0.336 e. The zero-order valence-electron chi connectivity index (χ0n) is 19.2. The molecule has 2 heterocycles. The minimum absolute atomic E-state index is 0.103. The van der Waals surface area contributed by atoms with Crippen molar-refractivity contribution in [1.82, 2.24) is 9.97 Å². The molecule has 0 bridgehead atoms. The van der Waals surface area contributed by atoms with Crippen LogP contribution in [0.4, 0.5) is 0 Å². The molecular weight excluding hydrogens is 511 g/mol. The molecule has 6 rings (SSSR count). The van der Waals surface area contributed by atoms with Crippen LogP contribution in [0.1, 0.15) is 11.4 Å². The largest absolute Gasteiger partial charge is 0.478 e. The molecule has 1 aromatic heterocycles. The van der Waals surface area contributed by atoms with E-state index in [1.165, 1.54) is 6.08 Å². The number of nitrogens with one attached hydrogen (secondary N) is 1. The van der Waals surface area contributed by atoms with Gasteiger partial charge in [-0.15, -0.1) is 0 Å². The average molecular weight is 529 g/mol. The second kappa shape index (κ2) is 9.32. The van der Waals surface area contributed by atoms with Crippen molar-refractivity contribution < 1.29 is 19.4 Å². The zero-order valence-corrected chi connectivity index (χ0v) is 20.7. The summed E-state index contributed by atoms with van der Waals surface area (Å²) in [6.07, 6.45) is 1.53. The first-order valence-corrected chi connectivity index (χ1v) is 12.1. The molecule has 0 spiro atoms. The molecule has 4 aromatic carbocycles. The van der Waals surface area contributed by atoms with Crippen molar-refractivity contribution in [3.8, 4) is 34.0 Å². The Kier molecular flexibility index (Phi) is 5.83. The van der Waals surface area contributed by atoms with Crippen molar-refractivity contribution in [3.05, 3.63) is 100 Å². The van der Waals surface area contributed by atoms with Crippen molar-refractivity contribution in [2.75, 3.05) is 6.79 Å². The predicted molar refractivity (Wildman–Crippen MR) is 145 cm³/mol. The normalized spacial score (nSPS) is 12.8. The summed E-state index contributed by atoms with van der Waals surface area (Å²) in [5.74, 6) is 0.535. The van der Waals surface area contributed by atoms with E-state index in [1.54, 1.807) is 24.3 Å². The Morgan fingerprint density at radius 2 is 1.76 bits per heavy atom. The first-order valence-electron chi connectivity index (χ1n) is 11.4. The van der Waals surface area contributed by atoms with Crippen LogP contribution in [0, 0.1) is 0 Å². The minimum atomic E-state index is -1.07. The maximum absolute atomic E-state index is 12.4. The van der Waals surface area contributed by atoms with Gasteiger partial charge in [-0.3, -0.25) is 0 Å². The fourth-order valence-electron chi connectivity index (χ4n) is 4.45. The van der Waals surface area contributed by atoms with E-state index in [0.717, 1.165) is 16.3 Å². The first-order chi connectivity index (χ1) is 18.0. The Bertz CT molecular complexity index is 1720. The summed E-state index contributed by atoms with van der Waals surface area (Å²) in [5.41, 5.74) is 3.24. The summed E-state index contributed by atoms with van der Waals surface area (Å²) in [5, 5.41) is 12.9. The molecular formula is C29H18Cl2N2O4. The minimum Gasteiger partial charge on any atom is -0.478 e. The number of aromatic amines is 1. The number of ether oxygens (including phenoxy) is 2. The highest BCUT2D eigenvalue weighted by Gasteiger charge is 2.21. The molecule has 1 aliphatic rings. The summed E-state index contributed by atoms with van der Waals surface area (Å²) in [7, 11) is 0. The lowest BCUT2D eigenvalue weighted by atomic mass is 9.98. The molecule has 8 heteroatoms. The third-order valence-corrected chi connectivity index (χ3v) is 6.72. The standard InChI is InChI=1S/C29H18Cl2N2O4/c30-18-9-10-23(31)22(13-18)28-27(17-8-11-24-25(12-17)37-15-36-24)32-26(33-28)14-21(29(34)35)20-7-3-5-16-4-1-2-6-19(16)20/h1-14H,15H2,(H,32,33)(H,34,35)/b21-14-. The number of fused-ring (bicyclic) bond motifs is 2. The predicted octanol–water partition coefficient (Wildman–Crippen LogP) is 7.56. The van der Waals surface area contributed by atoms with Gasteiger partial charge in [-0.1, -0.05) is 65.7 Å². The first kappa shape index (κ1) is 23.2. The second-order valence-corrected chi connectivity index (χ2v) is 9.27. The van der Waals surface area contributed by atoms with E-state index in [4.69, 9.17) is 37.7 Å². The summed E-state index contributed by atoms with van der Waals surface area (Å²) < 4.78 is 11.0. The molecule has 1 aliphatic heterocycles. The molecule has 0 saturated carbocycles. The topological polar surface area (TPSA) is 84.4 Å². The number of carbonyl (C=O) groups is 1. The summed E-state index contributed by atoms with van der Waals surface area (Å²) in [6.45, 7) is 0.149. The van der Waals surface area contributed by atoms with Crippen LogP contribution in [-0.4, -0.2) is 27.8 Å². The van der Waals surface area contributed by atoms with Gasteiger partial charge in [-0.2, -0.15) is 0 Å². The Morgan fingerprint density at radius 1 is 0.946 bits per heavy atom. The van der Waals surface area contributed by atoms with E-state index in [9.17, 15) is 9.90 Å². The molecule has 0 amide bonds. The smallest absolute Gasteiger partial charge is 0.336 e. The van der Waals surface area contributed by atoms with Gasteiger partial charge in [0.15, 0.2) is 11.5 Å². The van der Waals surface area contributed by atoms with Gasteiger partial charge in [0.1, 0.15) is 5.82 Å². The number of H-pyrrole nitrogens is 1. The number of hydrogen-bond acceptors (Lipinski definition) is 4. The number of hydrogen-bond donors (Lipinski definition) is 2. The number of nitrogens with zero attached hydrogens (tertiary/aromatic N) is 1. The highest BCUT2D eigenvalue weighted by Crippen LogP contribution is 2.41. The van der Waals surface area contributed by atoms with E-state index < -0.39 is 5.97 Å². The third kappa shape index (κ3) is 4.31. The number of halogens is 2. The van der Waals surface area contributed by atoms with Crippen LogP contribution in [0.5, 0.6) is 11.5 Å². The quantitative estimate of drug-likeness (QED) is 0.230. The lowest BCUT2D eigenvalue weighted by Crippen LogP contribution is -2.01. The molecule has 0 fully saturated rings. The van der Waals surface area contributed by atoms with E-state index in [-0.39, 0.29) is 12.4 Å². The molecule has 0 unspecified atom stereocenters. The van der Waals surface area contributed by atoms with Gasteiger partial charge < -0.3 is 19.6 Å². The number of carboxylic acid groups (broad SMARTS) is 1. The Balaban J connectivity index is 1.56. The highest BCUT2D eigenvalue weighted by molar-refractivity contribution is 6.35. The highest BCUT2D eigenvalue weighted by atomic mass is 35.5. The van der Waals surface area contributed by atoms with E-state index >= 15 is 0 Å². The number of benzene rings is 4. The molecule has 6 nitrogen and oxygen atoms in total. The summed E-state index contributed by atoms with van der Waals surface area (Å²) >= 11 is 12.8. The second-order valence-electron chi connectivity index (χ2n) is 8.43. The third-order valence-electron chi connectivity index (χ3n) is 6.16. The monoisotopic (exact) mass is 528 g/mol. The van der Waals surface area contributed by atoms with Crippen molar-refractivity contribution in [3.63, 3.8) is 0 Å². The maximum atomic E-state index is 12.4. The molecule has 0 radical (unpaired) electrons. The summed E-state index contributed by atoms with van der Waals surface area (Å²) in [6, 6.07) is 23.9. The van der Waals surface area contributed by atoms with Crippen molar-refractivity contribution in [1.29, 1.82) is 0 Å². The molecule has 0 atom stereocenters. The Hall–Kier alpha value is -4.26. The number of carboxylic acids is 1. The van der Waals surface area contributed by atoms with Gasteiger partial charge in [0.25, 0.3) is 0 Å². The number of imidazole rings is 1. The van der Waals surface area contributed by atoms with Crippen molar-refractivity contribution in [2.24, 2.45) is 0 Å². The summed E-state index contributed by atoms with van der Waals surface area (Å²) in [4.78, 5) is 20.5. The van der Waals surface area contributed by atoms with Crippen LogP contribution >= 0.6 is 23.2 Å². The zero-order chi connectivity index (χ0) is 25.5. The average Bonchev–Trinajstić information content (AvgIpc) is 3.55. The molecule has 182 valence electrons. The van der Waals surface area contributed by atoms with Crippen LogP contribution in [0.2, 0.25) is 10.0 Å². The van der Waals surface area contributed by atoms with Gasteiger partial charge in [0.2, 0.25) is 6.79 Å². The fourth-order valence-corrected chi connectivity index (χ4v) is 4.83. The van der Waals surface area contributed by atoms with E-state index in [2.05, 4.69) is 4.98 Å². The van der Waals surface area contributed by atoms with Crippen LogP contribution in [0.25, 0.3) is 44.9 Å². The van der Waals surface area contributed by atoms with E-state index in [1.807, 2.05) is 54.6 Å². The van der Waals surface area contributed by atoms with Gasteiger partial charge >= 0.3 is 5.97 Å². The van der Waals surface area contributed by atoms with Gasteiger partial charge in [0.05, 0.1) is 22.0 Å². The number of aromatic nitrogens is 2. The molecule has 2 N–H and O–H groups in total. The van der Waals surface area contributed by atoms with Gasteiger partial charge in [-0.25, -0.2) is 9.78 Å². The fraction of sp³-hybridized carbons (Fsp3) is 0.0345. The van der Waals surface area contributed by atoms with Gasteiger partial charge in [0, 0.05) is 16.1 Å². The van der Waals surface area contributed by atoms with Crippen LogP contribution in [0.15, 0.2) is 78.9 Å².